The fraction of sp³-hybridized carbons (Fsp3) is 0.200. The average Bonchev–Trinajstić information content (AvgIpc) is 3.02. The summed E-state index contributed by atoms with van der Waals surface area (Å²) in [5, 5.41) is 35.6. The molecule has 0 aliphatic carbocycles. The number of thiazole rings is 1. The standard InChI is InChI=1S/C15H15BN4O6S/c1-6-2-8(14(22)23)3-7-4-10(16(24)26-12(6)7)19-13(21)11(20-25)9-5-27-15(17)18-9/h2-3,5,10,24-25H,4H2,1H3,(H2,17,18)(H,19,21)(H,22,23)/b20-11-/t10-/m0/s1. The van der Waals surface area contributed by atoms with Crippen LogP contribution in [0, 0.1) is 6.92 Å². The van der Waals surface area contributed by atoms with Gasteiger partial charge in [0, 0.05) is 5.38 Å². The number of rotatable bonds is 4. The number of nitrogen functional groups attached to an aromatic ring is 1. The lowest BCUT2D eigenvalue weighted by Gasteiger charge is -2.29. The summed E-state index contributed by atoms with van der Waals surface area (Å²) in [6.07, 6.45) is 0.127. The number of fused-ring (bicyclic) bond motifs is 1. The van der Waals surface area contributed by atoms with Gasteiger partial charge in [-0.1, -0.05) is 5.16 Å². The maximum absolute atomic E-state index is 12.4. The number of aromatic carboxylic acids is 1. The molecule has 27 heavy (non-hydrogen) atoms. The molecule has 0 saturated carbocycles. The first-order valence-electron chi connectivity index (χ1n) is 7.76. The third-order valence-corrected chi connectivity index (χ3v) is 4.69. The molecule has 1 amide bonds. The molecule has 12 heteroatoms. The zero-order chi connectivity index (χ0) is 19.7. The number of aryl methyl sites for hydroxylation is 1. The van der Waals surface area contributed by atoms with Gasteiger partial charge in [-0.25, -0.2) is 9.78 Å². The zero-order valence-electron chi connectivity index (χ0n) is 14.0. The molecule has 1 aromatic carbocycles. The van der Waals surface area contributed by atoms with Crippen molar-refractivity contribution < 1.29 is 29.6 Å². The maximum Gasteiger partial charge on any atom is 0.547 e. The van der Waals surface area contributed by atoms with Gasteiger partial charge in [0.2, 0.25) is 0 Å². The van der Waals surface area contributed by atoms with Crippen LogP contribution in [-0.2, 0) is 11.2 Å². The Labute approximate surface area is 157 Å². The average molecular weight is 390 g/mol. The van der Waals surface area contributed by atoms with Crippen LogP contribution < -0.4 is 15.7 Å². The molecule has 1 aliphatic heterocycles. The van der Waals surface area contributed by atoms with E-state index in [1.54, 1.807) is 6.92 Å². The molecule has 1 aliphatic rings. The minimum Gasteiger partial charge on any atom is -0.534 e. The molecule has 1 aromatic heterocycles. The van der Waals surface area contributed by atoms with E-state index < -0.39 is 24.9 Å². The van der Waals surface area contributed by atoms with E-state index in [2.05, 4.69) is 15.5 Å². The van der Waals surface area contributed by atoms with Crippen molar-refractivity contribution >= 4 is 41.2 Å². The topological polar surface area (TPSA) is 167 Å². The fourth-order valence-electron chi connectivity index (χ4n) is 2.80. The highest BCUT2D eigenvalue weighted by molar-refractivity contribution is 7.13. The van der Waals surface area contributed by atoms with Crippen LogP contribution in [0.5, 0.6) is 5.75 Å². The Kier molecular flexibility index (Phi) is 5.01. The second-order valence-corrected chi connectivity index (χ2v) is 6.79. The van der Waals surface area contributed by atoms with Gasteiger partial charge in [0.25, 0.3) is 5.91 Å². The van der Waals surface area contributed by atoms with E-state index in [-0.39, 0.29) is 28.5 Å². The quantitative estimate of drug-likeness (QED) is 0.211. The van der Waals surface area contributed by atoms with Crippen LogP contribution in [0.25, 0.3) is 0 Å². The van der Waals surface area contributed by atoms with Crippen LogP contribution in [0.15, 0.2) is 22.7 Å². The van der Waals surface area contributed by atoms with Crippen LogP contribution in [0.3, 0.4) is 0 Å². The van der Waals surface area contributed by atoms with Crippen molar-refractivity contribution in [1.82, 2.24) is 10.3 Å². The van der Waals surface area contributed by atoms with Gasteiger partial charge in [0.15, 0.2) is 10.8 Å². The molecule has 0 radical (unpaired) electrons. The molecule has 0 fully saturated rings. The number of hydrogen-bond acceptors (Lipinski definition) is 9. The van der Waals surface area contributed by atoms with Gasteiger partial charge >= 0.3 is 13.1 Å². The molecular weight excluding hydrogens is 375 g/mol. The van der Waals surface area contributed by atoms with Crippen molar-refractivity contribution in [2.24, 2.45) is 5.16 Å². The molecule has 0 unspecified atom stereocenters. The van der Waals surface area contributed by atoms with E-state index >= 15 is 0 Å². The highest BCUT2D eigenvalue weighted by atomic mass is 32.1. The van der Waals surface area contributed by atoms with E-state index in [1.165, 1.54) is 17.5 Å². The second kappa shape index (κ2) is 7.25. The Morgan fingerprint density at radius 3 is 2.81 bits per heavy atom. The van der Waals surface area contributed by atoms with E-state index in [4.69, 9.17) is 15.6 Å². The van der Waals surface area contributed by atoms with Gasteiger partial charge in [-0.3, -0.25) is 4.79 Å². The number of nitrogens with two attached hydrogens (primary N) is 1. The lowest BCUT2D eigenvalue weighted by atomic mass is 9.72. The van der Waals surface area contributed by atoms with Gasteiger partial charge in [-0.15, -0.1) is 11.3 Å². The number of anilines is 1. The molecule has 140 valence electrons. The number of aromatic nitrogens is 1. The molecular formula is C15H15BN4O6S. The Balaban J connectivity index is 1.82. The van der Waals surface area contributed by atoms with Crippen molar-refractivity contribution in [2.45, 2.75) is 19.3 Å². The monoisotopic (exact) mass is 390 g/mol. The number of benzene rings is 1. The molecule has 1 atom stereocenters. The highest BCUT2D eigenvalue weighted by Crippen LogP contribution is 2.31. The summed E-state index contributed by atoms with van der Waals surface area (Å²) < 4.78 is 5.45. The van der Waals surface area contributed by atoms with Crippen molar-refractivity contribution in [1.29, 1.82) is 0 Å². The third kappa shape index (κ3) is 3.71. The fourth-order valence-corrected chi connectivity index (χ4v) is 3.35. The summed E-state index contributed by atoms with van der Waals surface area (Å²) >= 11 is 1.07. The minimum absolute atomic E-state index is 0.0758. The maximum atomic E-state index is 12.4. The summed E-state index contributed by atoms with van der Waals surface area (Å²) in [6.45, 7) is 1.67. The molecule has 0 bridgehead atoms. The first kappa shape index (κ1) is 18.7. The van der Waals surface area contributed by atoms with E-state index in [0.717, 1.165) is 11.3 Å². The van der Waals surface area contributed by atoms with Crippen LogP contribution in [0.4, 0.5) is 5.13 Å². The van der Waals surface area contributed by atoms with Crippen LogP contribution in [0.2, 0.25) is 0 Å². The van der Waals surface area contributed by atoms with Crippen molar-refractivity contribution in [2.75, 3.05) is 5.73 Å². The number of carboxylic acid groups (broad SMARTS) is 1. The Bertz CT molecular complexity index is 946. The summed E-state index contributed by atoms with van der Waals surface area (Å²) in [4.78, 5) is 27.5. The predicted octanol–water partition coefficient (Wildman–Crippen LogP) is 0.0498. The zero-order valence-corrected chi connectivity index (χ0v) is 14.9. The number of hydrogen-bond donors (Lipinski definition) is 5. The lowest BCUT2D eigenvalue weighted by Crippen LogP contribution is -2.54. The van der Waals surface area contributed by atoms with Crippen LogP contribution in [-0.4, -0.2) is 51.0 Å². The number of carbonyl (C=O) groups is 2. The number of nitrogens with one attached hydrogen (secondary N) is 1. The minimum atomic E-state index is -1.36. The molecule has 0 spiro atoms. The second-order valence-electron chi connectivity index (χ2n) is 5.90. The third-order valence-electron chi connectivity index (χ3n) is 4.02. The van der Waals surface area contributed by atoms with Gasteiger partial charge in [-0.2, -0.15) is 0 Å². The molecule has 2 aromatic rings. The highest BCUT2D eigenvalue weighted by Gasteiger charge is 2.38. The van der Waals surface area contributed by atoms with Crippen LogP contribution >= 0.6 is 11.3 Å². The number of carboxylic acids is 1. The summed E-state index contributed by atoms with van der Waals surface area (Å²) in [5.41, 5.74) is 6.41. The van der Waals surface area contributed by atoms with Crippen LogP contribution in [0.1, 0.15) is 27.2 Å². The summed E-state index contributed by atoms with van der Waals surface area (Å²) in [7, 11) is -1.36. The molecule has 2 heterocycles. The summed E-state index contributed by atoms with van der Waals surface area (Å²) in [5.74, 6) is -2.39. The van der Waals surface area contributed by atoms with Crippen molar-refractivity contribution in [3.05, 3.63) is 39.9 Å². The van der Waals surface area contributed by atoms with E-state index in [1.807, 2.05) is 0 Å². The van der Waals surface area contributed by atoms with Gasteiger partial charge in [0.05, 0.1) is 11.5 Å². The predicted molar refractivity (Wildman–Crippen MR) is 97.2 cm³/mol. The normalized spacial score (nSPS) is 16.4. The largest absolute Gasteiger partial charge is 0.547 e. The Morgan fingerprint density at radius 1 is 1.48 bits per heavy atom. The molecule has 3 rings (SSSR count). The van der Waals surface area contributed by atoms with E-state index in [9.17, 15) is 19.7 Å². The number of carbonyl (C=O) groups excluding carboxylic acids is 1. The molecule has 10 nitrogen and oxygen atoms in total. The lowest BCUT2D eigenvalue weighted by molar-refractivity contribution is -0.115. The Morgan fingerprint density at radius 2 is 2.22 bits per heavy atom. The first-order chi connectivity index (χ1) is 12.8. The summed E-state index contributed by atoms with van der Waals surface area (Å²) in [6, 6.07) is 2.87. The molecule has 0 saturated heterocycles. The number of nitrogens with zero attached hydrogens (tertiary/aromatic N) is 2. The molecule has 6 N–H and O–H groups in total. The SMILES string of the molecule is Cc1cc(C(=O)O)cc2c1OB(O)[C@@H](NC(=O)/C(=N\O)c1csc(N)n1)C2. The van der Waals surface area contributed by atoms with Crippen molar-refractivity contribution in [3.8, 4) is 5.75 Å². The van der Waals surface area contributed by atoms with Crippen molar-refractivity contribution in [3.63, 3.8) is 0 Å². The first-order valence-corrected chi connectivity index (χ1v) is 8.64. The number of amides is 1. The van der Waals surface area contributed by atoms with Gasteiger partial charge in [-0.05, 0) is 36.6 Å². The Hall–Kier alpha value is -3.12. The van der Waals surface area contributed by atoms with E-state index in [0.29, 0.717) is 16.9 Å². The van der Waals surface area contributed by atoms with Gasteiger partial charge < -0.3 is 31.0 Å². The number of oxime groups is 1. The smallest absolute Gasteiger partial charge is 0.534 e. The van der Waals surface area contributed by atoms with Gasteiger partial charge in [0.1, 0.15) is 11.4 Å².